The number of aldehydes is 1. The van der Waals surface area contributed by atoms with E-state index in [1.165, 1.54) is 5.56 Å². The van der Waals surface area contributed by atoms with Crippen LogP contribution in [0.2, 0.25) is 0 Å². The van der Waals surface area contributed by atoms with Crippen molar-refractivity contribution in [1.82, 2.24) is 0 Å². The minimum Gasteiger partial charge on any atom is -0.385 e. The smallest absolute Gasteiger partial charge is 0.121 e. The Balaban J connectivity index is 2.44. The largest absolute Gasteiger partial charge is 0.385 e. The van der Waals surface area contributed by atoms with E-state index < -0.39 is 0 Å². The van der Waals surface area contributed by atoms with E-state index in [4.69, 9.17) is 0 Å². The Labute approximate surface area is 79.0 Å². The van der Waals surface area contributed by atoms with E-state index in [1.54, 1.807) is 0 Å². The molecule has 0 bridgehead atoms. The van der Waals surface area contributed by atoms with Gasteiger partial charge >= 0.3 is 0 Å². The SMILES string of the molecule is [CH2]Cc1ccc(NCCC=O)cc1. The highest BCUT2D eigenvalue weighted by molar-refractivity contribution is 5.52. The third kappa shape index (κ3) is 3.28. The van der Waals surface area contributed by atoms with E-state index in [9.17, 15) is 4.79 Å². The van der Waals surface area contributed by atoms with Crippen molar-refractivity contribution in [3.63, 3.8) is 0 Å². The number of carbonyl (C=O) groups is 1. The summed E-state index contributed by atoms with van der Waals surface area (Å²) >= 11 is 0. The van der Waals surface area contributed by atoms with Gasteiger partial charge in [0.15, 0.2) is 0 Å². The quantitative estimate of drug-likeness (QED) is 0.549. The lowest BCUT2D eigenvalue weighted by Gasteiger charge is -2.04. The maximum absolute atomic E-state index is 10.0. The van der Waals surface area contributed by atoms with Crippen molar-refractivity contribution in [3.8, 4) is 0 Å². The number of rotatable bonds is 5. The highest BCUT2D eigenvalue weighted by atomic mass is 16.1. The average molecular weight is 176 g/mol. The molecule has 1 N–H and O–H groups in total. The van der Waals surface area contributed by atoms with E-state index in [2.05, 4.69) is 12.2 Å². The molecule has 13 heavy (non-hydrogen) atoms. The van der Waals surface area contributed by atoms with Gasteiger partial charge in [-0.1, -0.05) is 12.1 Å². The molecule has 1 aromatic carbocycles. The van der Waals surface area contributed by atoms with Crippen LogP contribution >= 0.6 is 0 Å². The summed E-state index contributed by atoms with van der Waals surface area (Å²) in [6.07, 6.45) is 2.28. The first kappa shape index (κ1) is 9.78. The fourth-order valence-electron chi connectivity index (χ4n) is 1.06. The van der Waals surface area contributed by atoms with Gasteiger partial charge in [-0.3, -0.25) is 0 Å². The first-order chi connectivity index (χ1) is 6.36. The van der Waals surface area contributed by atoms with Crippen LogP contribution in [0.15, 0.2) is 24.3 Å². The topological polar surface area (TPSA) is 29.1 Å². The summed E-state index contributed by atoms with van der Waals surface area (Å²) in [4.78, 5) is 10.0. The monoisotopic (exact) mass is 176 g/mol. The van der Waals surface area contributed by atoms with E-state index in [-0.39, 0.29) is 0 Å². The second-order valence-corrected chi connectivity index (χ2v) is 2.83. The molecule has 1 rings (SSSR count). The predicted octanol–water partition coefficient (Wildman–Crippen LogP) is 2.06. The predicted molar refractivity (Wildman–Crippen MR) is 54.7 cm³/mol. The zero-order valence-corrected chi connectivity index (χ0v) is 7.62. The number of hydrogen-bond acceptors (Lipinski definition) is 2. The fourth-order valence-corrected chi connectivity index (χ4v) is 1.06. The van der Waals surface area contributed by atoms with Crippen LogP contribution in [0.25, 0.3) is 0 Å². The van der Waals surface area contributed by atoms with Crippen molar-refractivity contribution in [1.29, 1.82) is 0 Å². The molecule has 0 aromatic heterocycles. The molecule has 0 atom stereocenters. The molecule has 0 fully saturated rings. The molecular weight excluding hydrogens is 162 g/mol. The summed E-state index contributed by atoms with van der Waals surface area (Å²) in [5.74, 6) is 0. The molecule has 0 saturated heterocycles. The lowest BCUT2D eigenvalue weighted by Crippen LogP contribution is -2.01. The molecule has 1 aromatic rings. The molecule has 0 aliphatic rings. The van der Waals surface area contributed by atoms with E-state index in [1.807, 2.05) is 24.3 Å². The normalized spacial score (nSPS) is 9.62. The van der Waals surface area contributed by atoms with Gasteiger partial charge < -0.3 is 10.1 Å². The molecule has 2 nitrogen and oxygen atoms in total. The molecule has 0 unspecified atom stereocenters. The van der Waals surface area contributed by atoms with Crippen LogP contribution < -0.4 is 5.32 Å². The van der Waals surface area contributed by atoms with Gasteiger partial charge in [-0.05, 0) is 31.0 Å². The zero-order chi connectivity index (χ0) is 9.52. The third-order valence-electron chi connectivity index (χ3n) is 1.83. The standard InChI is InChI=1S/C11H14NO/c1-2-10-4-6-11(7-5-10)12-8-3-9-13/h4-7,9,12H,1-3,8H2. The average Bonchev–Trinajstić information content (AvgIpc) is 2.19. The van der Waals surface area contributed by atoms with Gasteiger partial charge in [-0.25, -0.2) is 0 Å². The van der Waals surface area contributed by atoms with Crippen molar-refractivity contribution in [2.24, 2.45) is 0 Å². The van der Waals surface area contributed by atoms with Crippen molar-refractivity contribution in [2.45, 2.75) is 12.8 Å². The van der Waals surface area contributed by atoms with Crippen LogP contribution in [-0.2, 0) is 11.2 Å². The molecule has 0 saturated carbocycles. The van der Waals surface area contributed by atoms with E-state index in [0.29, 0.717) is 13.0 Å². The first-order valence-corrected chi connectivity index (χ1v) is 4.42. The highest BCUT2D eigenvalue weighted by Crippen LogP contribution is 2.09. The van der Waals surface area contributed by atoms with Crippen LogP contribution in [0, 0.1) is 6.92 Å². The molecule has 0 aliphatic heterocycles. The van der Waals surface area contributed by atoms with Gasteiger partial charge in [0, 0.05) is 18.7 Å². The Hall–Kier alpha value is -1.31. The molecule has 0 aliphatic carbocycles. The van der Waals surface area contributed by atoms with Gasteiger partial charge in [0.1, 0.15) is 6.29 Å². The summed E-state index contributed by atoms with van der Waals surface area (Å²) in [7, 11) is 0. The van der Waals surface area contributed by atoms with Crippen molar-refractivity contribution >= 4 is 12.0 Å². The number of carbonyl (C=O) groups excluding carboxylic acids is 1. The minimum atomic E-state index is 0.553. The number of hydrogen-bond donors (Lipinski definition) is 1. The lowest BCUT2D eigenvalue weighted by molar-refractivity contribution is -0.107. The van der Waals surface area contributed by atoms with Crippen LogP contribution in [0.4, 0.5) is 5.69 Å². The van der Waals surface area contributed by atoms with Crippen molar-refractivity contribution < 1.29 is 4.79 Å². The molecule has 2 heteroatoms. The summed E-state index contributed by atoms with van der Waals surface area (Å²) < 4.78 is 0. The summed E-state index contributed by atoms with van der Waals surface area (Å²) in [6.45, 7) is 4.50. The molecular formula is C11H14NO. The second-order valence-electron chi connectivity index (χ2n) is 2.83. The summed E-state index contributed by atoms with van der Waals surface area (Å²) in [5.41, 5.74) is 2.28. The van der Waals surface area contributed by atoms with Crippen molar-refractivity contribution in [2.75, 3.05) is 11.9 Å². The second kappa shape index (κ2) is 5.36. The van der Waals surface area contributed by atoms with Crippen molar-refractivity contribution in [3.05, 3.63) is 36.8 Å². The Kier molecular flexibility index (Phi) is 4.03. The fraction of sp³-hybridized carbons (Fsp3) is 0.273. The summed E-state index contributed by atoms with van der Waals surface area (Å²) in [6, 6.07) is 8.09. The zero-order valence-electron chi connectivity index (χ0n) is 7.62. The van der Waals surface area contributed by atoms with Gasteiger partial charge in [0.25, 0.3) is 0 Å². The number of anilines is 1. The van der Waals surface area contributed by atoms with E-state index >= 15 is 0 Å². The third-order valence-corrected chi connectivity index (χ3v) is 1.83. The molecule has 0 spiro atoms. The van der Waals surface area contributed by atoms with Crippen LogP contribution in [0.3, 0.4) is 0 Å². The van der Waals surface area contributed by atoms with Gasteiger partial charge in [-0.15, -0.1) is 0 Å². The highest BCUT2D eigenvalue weighted by Gasteiger charge is 1.91. The minimum absolute atomic E-state index is 0.553. The molecule has 69 valence electrons. The first-order valence-electron chi connectivity index (χ1n) is 4.42. The van der Waals surface area contributed by atoms with Gasteiger partial charge in [-0.2, -0.15) is 0 Å². The van der Waals surface area contributed by atoms with E-state index in [0.717, 1.165) is 18.4 Å². The molecule has 1 radical (unpaired) electrons. The lowest BCUT2D eigenvalue weighted by atomic mass is 10.1. The van der Waals surface area contributed by atoms with Gasteiger partial charge in [0.05, 0.1) is 0 Å². The van der Waals surface area contributed by atoms with Crippen LogP contribution in [0.5, 0.6) is 0 Å². The van der Waals surface area contributed by atoms with Crippen LogP contribution in [-0.4, -0.2) is 12.8 Å². The Morgan fingerprint density at radius 2 is 2.00 bits per heavy atom. The summed E-state index contributed by atoms with van der Waals surface area (Å²) in [5, 5.41) is 3.15. The Morgan fingerprint density at radius 1 is 1.31 bits per heavy atom. The number of nitrogens with one attached hydrogen (secondary N) is 1. The Morgan fingerprint density at radius 3 is 2.54 bits per heavy atom. The molecule has 0 amide bonds. The Bertz CT molecular complexity index is 253. The van der Waals surface area contributed by atoms with Crippen LogP contribution in [0.1, 0.15) is 12.0 Å². The maximum atomic E-state index is 10.0. The number of benzene rings is 1. The van der Waals surface area contributed by atoms with Gasteiger partial charge in [0.2, 0.25) is 0 Å². The molecule has 0 heterocycles. The maximum Gasteiger partial charge on any atom is 0.121 e.